The Labute approximate surface area is 220 Å². The van der Waals surface area contributed by atoms with Gasteiger partial charge in [0.05, 0.1) is 0 Å². The largest absolute Gasteiger partial charge is 0.312 e. The molecule has 0 unspecified atom stereocenters. The van der Waals surface area contributed by atoms with Crippen LogP contribution in [0.4, 0.5) is 11.4 Å². The lowest BCUT2D eigenvalue weighted by molar-refractivity contribution is 0.827. The van der Waals surface area contributed by atoms with Crippen molar-refractivity contribution >= 4 is 46.0 Å². The zero-order chi connectivity index (χ0) is 25.4. The average molecular weight is 480 g/mol. The molecular weight excluding hydrogens is 447 g/mol. The highest BCUT2D eigenvalue weighted by Crippen LogP contribution is 2.44. The number of nitrogens with zero attached hydrogens (tertiary/aromatic N) is 2. The molecule has 1 aromatic heterocycles. The lowest BCUT2D eigenvalue weighted by Crippen LogP contribution is -2.55. The minimum absolute atomic E-state index is 0.220. The number of aryl methyl sites for hydroxylation is 3. The molecule has 0 atom stereocenters. The van der Waals surface area contributed by atoms with E-state index in [1.165, 1.54) is 72.4 Å². The molecule has 1 aliphatic carbocycles. The van der Waals surface area contributed by atoms with E-state index in [4.69, 9.17) is 0 Å². The highest BCUT2D eigenvalue weighted by atomic mass is 15.2. The van der Waals surface area contributed by atoms with Crippen LogP contribution in [0, 0.1) is 19.8 Å². The van der Waals surface area contributed by atoms with Crippen molar-refractivity contribution in [2.45, 2.75) is 47.5 Å². The summed E-state index contributed by atoms with van der Waals surface area (Å²) >= 11 is 0. The molecule has 3 heterocycles. The van der Waals surface area contributed by atoms with Gasteiger partial charge in [0.25, 0.3) is 6.71 Å². The van der Waals surface area contributed by atoms with Crippen LogP contribution in [0.1, 0.15) is 49.6 Å². The van der Waals surface area contributed by atoms with Gasteiger partial charge >= 0.3 is 0 Å². The summed E-state index contributed by atoms with van der Waals surface area (Å²) in [6.45, 7) is 11.4. The van der Waals surface area contributed by atoms with Gasteiger partial charge in [0.15, 0.2) is 0 Å². The van der Waals surface area contributed by atoms with Crippen LogP contribution in [0.25, 0.3) is 22.7 Å². The summed E-state index contributed by atoms with van der Waals surface area (Å²) in [5.41, 5.74) is 16.3. The van der Waals surface area contributed by atoms with E-state index in [0.717, 1.165) is 12.8 Å². The molecule has 0 N–H and O–H groups in total. The number of hydrogen-bond donors (Lipinski definition) is 0. The summed E-state index contributed by atoms with van der Waals surface area (Å²) in [6.07, 6.45) is 11.8. The third-order valence-corrected chi connectivity index (χ3v) is 8.29. The van der Waals surface area contributed by atoms with Gasteiger partial charge in [0, 0.05) is 39.4 Å². The number of hydrogen-bond acceptors (Lipinski definition) is 1. The summed E-state index contributed by atoms with van der Waals surface area (Å²) in [7, 11) is 0. The third-order valence-electron chi connectivity index (χ3n) is 8.29. The van der Waals surface area contributed by atoms with Crippen LogP contribution in [0.5, 0.6) is 0 Å². The Balaban J connectivity index is 1.65. The molecular formula is C34H33BN2. The molecule has 4 aromatic rings. The van der Waals surface area contributed by atoms with Crippen molar-refractivity contribution in [1.29, 1.82) is 0 Å². The number of anilines is 2. The lowest BCUT2D eigenvalue weighted by Gasteiger charge is -2.42. The van der Waals surface area contributed by atoms with Gasteiger partial charge < -0.3 is 9.47 Å². The van der Waals surface area contributed by atoms with Crippen LogP contribution in [0.2, 0.25) is 0 Å². The second kappa shape index (κ2) is 8.15. The van der Waals surface area contributed by atoms with E-state index >= 15 is 0 Å². The highest BCUT2D eigenvalue weighted by molar-refractivity contribution is 6.95. The summed E-state index contributed by atoms with van der Waals surface area (Å²) in [6, 6.07) is 20.8. The molecule has 3 aromatic carbocycles. The highest BCUT2D eigenvalue weighted by Gasteiger charge is 2.44. The van der Waals surface area contributed by atoms with Crippen LogP contribution in [0.15, 0.2) is 84.0 Å². The van der Waals surface area contributed by atoms with Gasteiger partial charge in [-0.3, -0.25) is 0 Å². The molecule has 2 nitrogen and oxygen atoms in total. The fourth-order valence-corrected chi connectivity index (χ4v) is 6.91. The molecule has 0 saturated heterocycles. The topological polar surface area (TPSA) is 8.17 Å². The van der Waals surface area contributed by atoms with Gasteiger partial charge in [0.1, 0.15) is 0 Å². The van der Waals surface area contributed by atoms with Crippen LogP contribution in [-0.2, 0) is 6.42 Å². The fraction of sp³-hybridized carbons (Fsp3) is 0.235. The first-order chi connectivity index (χ1) is 18.0. The van der Waals surface area contributed by atoms with Gasteiger partial charge in [0.2, 0.25) is 0 Å². The molecule has 182 valence electrons. The van der Waals surface area contributed by atoms with Crippen molar-refractivity contribution in [2.24, 2.45) is 5.92 Å². The Morgan fingerprint density at radius 3 is 2.49 bits per heavy atom. The van der Waals surface area contributed by atoms with E-state index in [0.29, 0.717) is 5.92 Å². The Hall–Kier alpha value is -3.72. The maximum atomic E-state index is 2.58. The van der Waals surface area contributed by atoms with E-state index < -0.39 is 0 Å². The van der Waals surface area contributed by atoms with Crippen molar-refractivity contribution in [3.05, 3.63) is 106 Å². The molecule has 37 heavy (non-hydrogen) atoms. The second-order valence-electron chi connectivity index (χ2n) is 11.2. The third kappa shape index (κ3) is 3.13. The quantitative estimate of drug-likeness (QED) is 0.273. The summed E-state index contributed by atoms with van der Waals surface area (Å²) in [5, 5.41) is 1.43. The summed E-state index contributed by atoms with van der Waals surface area (Å²) in [4.78, 5) is 2.51. The van der Waals surface area contributed by atoms with Crippen molar-refractivity contribution in [3.63, 3.8) is 0 Å². The van der Waals surface area contributed by atoms with E-state index in [2.05, 4.69) is 123 Å². The second-order valence-corrected chi connectivity index (χ2v) is 11.2. The number of rotatable bonds is 2. The first-order valence-corrected chi connectivity index (χ1v) is 13.7. The number of allylic oxidation sites excluding steroid dienone is 4. The van der Waals surface area contributed by atoms with Gasteiger partial charge in [-0.1, -0.05) is 68.0 Å². The van der Waals surface area contributed by atoms with Crippen molar-refractivity contribution in [1.82, 2.24) is 4.57 Å². The molecule has 3 aliphatic rings. The summed E-state index contributed by atoms with van der Waals surface area (Å²) in [5.74, 6) is 0.448. The normalized spacial score (nSPS) is 17.8. The maximum absolute atomic E-state index is 2.58. The number of aromatic nitrogens is 1. The van der Waals surface area contributed by atoms with E-state index in [1.54, 1.807) is 0 Å². The fourth-order valence-electron chi connectivity index (χ4n) is 6.91. The monoisotopic (exact) mass is 480 g/mol. The van der Waals surface area contributed by atoms with Gasteiger partial charge in [-0.2, -0.15) is 0 Å². The molecule has 0 fully saturated rings. The molecule has 2 aliphatic heterocycles. The molecule has 0 saturated carbocycles. The zero-order valence-electron chi connectivity index (χ0n) is 22.5. The Kier molecular flexibility index (Phi) is 4.95. The first-order valence-electron chi connectivity index (χ1n) is 13.7. The zero-order valence-corrected chi connectivity index (χ0v) is 22.5. The average Bonchev–Trinajstić information content (AvgIpc) is 3.23. The van der Waals surface area contributed by atoms with Crippen molar-refractivity contribution in [3.8, 4) is 5.69 Å². The number of para-hydroxylation sites is 1. The smallest absolute Gasteiger partial charge is 0.251 e. The van der Waals surface area contributed by atoms with Crippen LogP contribution in [-0.4, -0.2) is 11.3 Å². The van der Waals surface area contributed by atoms with E-state index in [1.807, 2.05) is 0 Å². The first kappa shape index (κ1) is 22.5. The van der Waals surface area contributed by atoms with Gasteiger partial charge in [-0.05, 0) is 97.4 Å². The standard InChI is InChI=1S/C34H33BN2/c1-6-29-28(18-21(2)3)35-27-12-9-11-26-25-10-7-8-13-30(25)37(34(26)27)32-20-23(5)19-31(33(32)35)36(29)24-16-14-22(4)15-17-24/h6,8-9,11-21H,7,10H2,1-5H3/b28-18+,29-6+. The van der Waals surface area contributed by atoms with Crippen LogP contribution >= 0.6 is 0 Å². The van der Waals surface area contributed by atoms with Gasteiger partial charge in [-0.15, -0.1) is 0 Å². The number of benzene rings is 3. The Morgan fingerprint density at radius 2 is 1.73 bits per heavy atom. The van der Waals surface area contributed by atoms with Crippen molar-refractivity contribution in [2.75, 3.05) is 4.90 Å². The molecule has 0 amide bonds. The van der Waals surface area contributed by atoms with E-state index in [9.17, 15) is 0 Å². The number of fused-ring (bicyclic) bond motifs is 5. The maximum Gasteiger partial charge on any atom is 0.251 e. The predicted octanol–water partition coefficient (Wildman–Crippen LogP) is 7.31. The molecule has 3 heteroatoms. The van der Waals surface area contributed by atoms with Crippen molar-refractivity contribution < 1.29 is 0 Å². The molecule has 0 radical (unpaired) electrons. The minimum atomic E-state index is 0.220. The molecule has 0 spiro atoms. The van der Waals surface area contributed by atoms with Crippen LogP contribution in [0.3, 0.4) is 0 Å². The lowest BCUT2D eigenvalue weighted by atomic mass is 9.32. The van der Waals surface area contributed by atoms with Gasteiger partial charge in [-0.25, -0.2) is 0 Å². The Bertz CT molecular complexity index is 1680. The molecule has 0 bridgehead atoms. The summed E-state index contributed by atoms with van der Waals surface area (Å²) < 4.78 is 2.58. The van der Waals surface area contributed by atoms with E-state index in [-0.39, 0.29) is 6.71 Å². The minimum Gasteiger partial charge on any atom is -0.312 e. The Morgan fingerprint density at radius 1 is 0.946 bits per heavy atom. The SMILES string of the molecule is C/C=C1\C(=C/C(C)C)B2c3c(cc(C)cc3-n3c4c(c5cccc2c53)CCC=C4)N1c1ccc(C)cc1. The van der Waals surface area contributed by atoms with Crippen LogP contribution < -0.4 is 15.8 Å². The molecule has 7 rings (SSSR count). The predicted molar refractivity (Wildman–Crippen MR) is 160 cm³/mol.